The van der Waals surface area contributed by atoms with Crippen LogP contribution in [0.3, 0.4) is 0 Å². The van der Waals surface area contributed by atoms with Gasteiger partial charge in [0.2, 0.25) is 0 Å². The molecule has 2 heterocycles. The topological polar surface area (TPSA) is 16.1 Å². The monoisotopic (exact) mass is 338 g/mol. The number of hydrogen-bond acceptors (Lipinski definition) is 2. The van der Waals surface area contributed by atoms with Crippen molar-refractivity contribution in [2.45, 2.75) is 19.9 Å². The minimum atomic E-state index is 0.963. The highest BCUT2D eigenvalue weighted by molar-refractivity contribution is 6.09. The Balaban J connectivity index is 1.90. The smallest absolute Gasteiger partial charge is 0.0757 e. The minimum absolute atomic E-state index is 0.963. The number of pyridine rings is 1. The first-order chi connectivity index (χ1) is 12.7. The molecule has 128 valence electrons. The van der Waals surface area contributed by atoms with E-state index < -0.39 is 0 Å². The first kappa shape index (κ1) is 15.5. The van der Waals surface area contributed by atoms with Crippen molar-refractivity contribution in [1.82, 2.24) is 9.88 Å². The van der Waals surface area contributed by atoms with Gasteiger partial charge in [0.25, 0.3) is 0 Å². The predicted octanol–water partition coefficient (Wildman–Crippen LogP) is 5.35. The molecule has 0 fully saturated rings. The van der Waals surface area contributed by atoms with E-state index in [0.717, 1.165) is 30.7 Å². The van der Waals surface area contributed by atoms with Gasteiger partial charge in [-0.05, 0) is 54.4 Å². The average Bonchev–Trinajstić information content (AvgIpc) is 2.66. The number of likely N-dealkylation sites (N-methyl/N-ethyl adjacent to an activating group) is 1. The molecule has 0 unspecified atom stereocenters. The molecule has 0 saturated heterocycles. The van der Waals surface area contributed by atoms with E-state index >= 15 is 0 Å². The lowest BCUT2D eigenvalue weighted by atomic mass is 9.89. The van der Waals surface area contributed by atoms with Gasteiger partial charge in [0.15, 0.2) is 0 Å². The SMILES string of the molecule is Cc1cccc(-c2nc3ccc4ccccc4c3c3c2CN(C)CC3)c1. The lowest BCUT2D eigenvalue weighted by Gasteiger charge is -2.28. The third kappa shape index (κ3) is 2.41. The maximum atomic E-state index is 5.16. The molecule has 0 saturated carbocycles. The summed E-state index contributed by atoms with van der Waals surface area (Å²) in [5.74, 6) is 0. The van der Waals surface area contributed by atoms with Gasteiger partial charge < -0.3 is 4.90 Å². The second-order valence-corrected chi connectivity index (χ2v) is 7.46. The van der Waals surface area contributed by atoms with Crippen LogP contribution in [0.4, 0.5) is 0 Å². The fraction of sp³-hybridized carbons (Fsp3) is 0.208. The lowest BCUT2D eigenvalue weighted by molar-refractivity contribution is 0.314. The molecule has 0 bridgehead atoms. The standard InChI is InChI=1S/C24H22N2/c1-16-6-5-8-18(14-16)24-21-15-26(2)13-12-20(21)23-19-9-4-3-7-17(19)10-11-22(23)25-24/h3-11,14H,12-13,15H2,1-2H3. The van der Waals surface area contributed by atoms with Crippen LogP contribution in [0, 0.1) is 6.92 Å². The largest absolute Gasteiger partial charge is 0.302 e. The Hall–Kier alpha value is -2.71. The van der Waals surface area contributed by atoms with Gasteiger partial charge in [-0.3, -0.25) is 0 Å². The maximum absolute atomic E-state index is 5.16. The van der Waals surface area contributed by atoms with E-state index in [1.165, 1.54) is 38.4 Å². The van der Waals surface area contributed by atoms with Gasteiger partial charge in [0.1, 0.15) is 0 Å². The molecule has 4 aromatic rings. The Morgan fingerprint density at radius 3 is 2.69 bits per heavy atom. The molecule has 0 spiro atoms. The van der Waals surface area contributed by atoms with Gasteiger partial charge in [-0.2, -0.15) is 0 Å². The molecule has 2 nitrogen and oxygen atoms in total. The molecular weight excluding hydrogens is 316 g/mol. The van der Waals surface area contributed by atoms with Crippen molar-refractivity contribution in [3.05, 3.63) is 77.4 Å². The molecule has 2 heteroatoms. The van der Waals surface area contributed by atoms with Crippen molar-refractivity contribution in [2.75, 3.05) is 13.6 Å². The van der Waals surface area contributed by atoms with Crippen molar-refractivity contribution in [1.29, 1.82) is 0 Å². The zero-order chi connectivity index (χ0) is 17.7. The van der Waals surface area contributed by atoms with E-state index in [-0.39, 0.29) is 0 Å². The molecule has 5 rings (SSSR count). The van der Waals surface area contributed by atoms with Gasteiger partial charge in [0.05, 0.1) is 11.2 Å². The summed E-state index contributed by atoms with van der Waals surface area (Å²) in [4.78, 5) is 7.56. The molecule has 0 atom stereocenters. The average molecular weight is 338 g/mol. The van der Waals surface area contributed by atoms with Crippen LogP contribution >= 0.6 is 0 Å². The quantitative estimate of drug-likeness (QED) is 0.435. The number of nitrogens with zero attached hydrogens (tertiary/aromatic N) is 2. The number of aromatic nitrogens is 1. The molecule has 0 N–H and O–H groups in total. The Bertz CT molecular complexity index is 1140. The van der Waals surface area contributed by atoms with Crippen LogP contribution in [0.2, 0.25) is 0 Å². The Kier molecular flexibility index (Phi) is 3.54. The first-order valence-corrected chi connectivity index (χ1v) is 9.29. The van der Waals surface area contributed by atoms with Crippen LogP contribution in [-0.2, 0) is 13.0 Å². The van der Waals surface area contributed by atoms with Crippen LogP contribution in [-0.4, -0.2) is 23.5 Å². The normalized spacial score (nSPS) is 14.7. The highest BCUT2D eigenvalue weighted by Crippen LogP contribution is 2.37. The molecule has 0 aliphatic carbocycles. The maximum Gasteiger partial charge on any atom is 0.0757 e. The summed E-state index contributed by atoms with van der Waals surface area (Å²) in [6.45, 7) is 4.21. The fourth-order valence-electron chi connectivity index (χ4n) is 4.28. The van der Waals surface area contributed by atoms with Crippen molar-refractivity contribution < 1.29 is 0 Å². The summed E-state index contributed by atoms with van der Waals surface area (Å²) in [5, 5.41) is 3.97. The van der Waals surface area contributed by atoms with Gasteiger partial charge in [-0.15, -0.1) is 0 Å². The molecule has 1 aromatic heterocycles. The third-order valence-corrected chi connectivity index (χ3v) is 5.55. The summed E-state index contributed by atoms with van der Waals surface area (Å²) in [5.41, 5.74) is 7.66. The van der Waals surface area contributed by atoms with Crippen molar-refractivity contribution in [3.8, 4) is 11.3 Å². The van der Waals surface area contributed by atoms with E-state index in [4.69, 9.17) is 4.98 Å². The highest BCUT2D eigenvalue weighted by atomic mass is 15.1. The molecule has 0 amide bonds. The molecular formula is C24H22N2. The number of hydrogen-bond donors (Lipinski definition) is 0. The summed E-state index contributed by atoms with van der Waals surface area (Å²) >= 11 is 0. The Labute approximate surface area is 154 Å². The molecule has 0 radical (unpaired) electrons. The van der Waals surface area contributed by atoms with Crippen LogP contribution in [0.15, 0.2) is 60.7 Å². The second-order valence-electron chi connectivity index (χ2n) is 7.46. The molecule has 26 heavy (non-hydrogen) atoms. The van der Waals surface area contributed by atoms with E-state index in [0.29, 0.717) is 0 Å². The van der Waals surface area contributed by atoms with E-state index in [1.807, 2.05) is 0 Å². The number of benzene rings is 3. The van der Waals surface area contributed by atoms with Crippen molar-refractivity contribution in [3.63, 3.8) is 0 Å². The number of rotatable bonds is 1. The third-order valence-electron chi connectivity index (χ3n) is 5.55. The number of fused-ring (bicyclic) bond motifs is 5. The van der Waals surface area contributed by atoms with E-state index in [2.05, 4.69) is 79.5 Å². The van der Waals surface area contributed by atoms with Crippen molar-refractivity contribution in [2.24, 2.45) is 0 Å². The fourth-order valence-corrected chi connectivity index (χ4v) is 4.28. The summed E-state index contributed by atoms with van der Waals surface area (Å²) in [6.07, 6.45) is 1.08. The van der Waals surface area contributed by atoms with Crippen LogP contribution in [0.1, 0.15) is 16.7 Å². The molecule has 1 aliphatic rings. The summed E-state index contributed by atoms with van der Waals surface area (Å²) < 4.78 is 0. The van der Waals surface area contributed by atoms with Gasteiger partial charge >= 0.3 is 0 Å². The van der Waals surface area contributed by atoms with Gasteiger partial charge in [-0.25, -0.2) is 4.98 Å². The second kappa shape index (κ2) is 5.93. The predicted molar refractivity (Wildman–Crippen MR) is 109 cm³/mol. The van der Waals surface area contributed by atoms with Crippen LogP contribution in [0.5, 0.6) is 0 Å². The van der Waals surface area contributed by atoms with E-state index in [1.54, 1.807) is 0 Å². The highest BCUT2D eigenvalue weighted by Gasteiger charge is 2.22. The van der Waals surface area contributed by atoms with Crippen LogP contribution in [0.25, 0.3) is 32.9 Å². The van der Waals surface area contributed by atoms with Crippen LogP contribution < -0.4 is 0 Å². The van der Waals surface area contributed by atoms with Gasteiger partial charge in [-0.1, -0.05) is 54.1 Å². The molecule has 1 aliphatic heterocycles. The zero-order valence-electron chi connectivity index (χ0n) is 15.3. The Morgan fingerprint density at radius 2 is 1.81 bits per heavy atom. The zero-order valence-corrected chi connectivity index (χ0v) is 15.3. The van der Waals surface area contributed by atoms with Crippen molar-refractivity contribution >= 4 is 21.7 Å². The first-order valence-electron chi connectivity index (χ1n) is 9.29. The number of aryl methyl sites for hydroxylation is 1. The Morgan fingerprint density at radius 1 is 0.923 bits per heavy atom. The minimum Gasteiger partial charge on any atom is -0.302 e. The van der Waals surface area contributed by atoms with Gasteiger partial charge in [0, 0.05) is 24.0 Å². The van der Waals surface area contributed by atoms with E-state index in [9.17, 15) is 0 Å². The molecule has 3 aromatic carbocycles. The summed E-state index contributed by atoms with van der Waals surface area (Å²) in [7, 11) is 2.20. The summed E-state index contributed by atoms with van der Waals surface area (Å²) in [6, 6.07) is 21.8. The lowest BCUT2D eigenvalue weighted by Crippen LogP contribution is -2.27.